The van der Waals surface area contributed by atoms with E-state index in [2.05, 4.69) is 75.9 Å². The number of unbranched alkanes of at least 4 members (excludes halogenated alkanes) is 12. The molecule has 0 atom stereocenters. The number of hydrogen-bond donors (Lipinski definition) is 0. The van der Waals surface area contributed by atoms with Gasteiger partial charge in [0.05, 0.1) is 39.6 Å². The minimum absolute atomic E-state index is 0.581. The predicted octanol–water partition coefficient (Wildman–Crippen LogP) is 15.6. The molecule has 0 unspecified atom stereocenters. The molecular weight excluding hydrogens is 745 g/mol. The topological polar surface area (TPSA) is 55.4 Å². The zero-order chi connectivity index (χ0) is 42.6. The van der Waals surface area contributed by atoms with Crippen LogP contribution >= 0.6 is 0 Å². The molecule has 0 fully saturated rings. The molecule has 0 amide bonds. The number of benzene rings is 4. The lowest BCUT2D eigenvalue weighted by Gasteiger charge is -2.21. The Bertz CT molecular complexity index is 1570. The second kappa shape index (κ2) is 28.4. The summed E-state index contributed by atoms with van der Waals surface area (Å²) in [4.78, 5) is 0. The van der Waals surface area contributed by atoms with Crippen molar-refractivity contribution in [3.63, 3.8) is 0 Å². The molecule has 0 saturated heterocycles. The number of allylic oxidation sites excluding steroid dienone is 6. The highest BCUT2D eigenvalue weighted by molar-refractivity contribution is 6.26. The standard InChI is InChI=1S/C54H72O6/c1-7-13-19-25-31-55-49-37-43-44(38-50(49)56-32-26-20-14-8-2)46-40-52(58-34-28-22-16-10-4)54(60-36-30-24-18-12-6)42-48(46)47-41-53(59-35-29-23-17-11-5)51(39-45(43)47)57-33-27-21-15-9-3/h7-12,37-42H,1-6,13-36H2. The first-order chi connectivity index (χ1) is 29.6. The Kier molecular flexibility index (Phi) is 22.5. The Balaban J connectivity index is 1.97. The molecule has 0 aromatic heterocycles. The molecule has 60 heavy (non-hydrogen) atoms. The molecule has 0 radical (unpaired) electrons. The summed E-state index contributed by atoms with van der Waals surface area (Å²) in [5.41, 5.74) is 0. The normalized spacial score (nSPS) is 11.0. The van der Waals surface area contributed by atoms with Crippen molar-refractivity contribution in [1.29, 1.82) is 0 Å². The predicted molar refractivity (Wildman–Crippen MR) is 256 cm³/mol. The molecule has 0 saturated carbocycles. The van der Waals surface area contributed by atoms with Gasteiger partial charge in [-0.1, -0.05) is 36.5 Å². The third-order valence-corrected chi connectivity index (χ3v) is 10.5. The van der Waals surface area contributed by atoms with Crippen molar-refractivity contribution in [2.75, 3.05) is 39.6 Å². The summed E-state index contributed by atoms with van der Waals surface area (Å²) in [7, 11) is 0. The maximum absolute atomic E-state index is 6.57. The molecule has 0 spiro atoms. The molecule has 0 aliphatic heterocycles. The van der Waals surface area contributed by atoms with Crippen molar-refractivity contribution in [3.8, 4) is 34.5 Å². The van der Waals surface area contributed by atoms with Crippen molar-refractivity contribution in [2.45, 2.75) is 116 Å². The molecule has 0 aliphatic carbocycles. The van der Waals surface area contributed by atoms with E-state index >= 15 is 0 Å². The average molecular weight is 817 g/mol. The molecule has 4 rings (SSSR count). The number of hydrogen-bond acceptors (Lipinski definition) is 6. The van der Waals surface area contributed by atoms with Gasteiger partial charge in [-0.15, -0.1) is 39.5 Å². The fraction of sp³-hybridized carbons (Fsp3) is 0.444. The highest BCUT2D eigenvalue weighted by Gasteiger charge is 2.20. The van der Waals surface area contributed by atoms with Crippen LogP contribution < -0.4 is 28.4 Å². The third kappa shape index (κ3) is 15.2. The van der Waals surface area contributed by atoms with E-state index in [1.54, 1.807) is 0 Å². The van der Waals surface area contributed by atoms with Gasteiger partial charge in [-0.2, -0.15) is 0 Å². The van der Waals surface area contributed by atoms with E-state index < -0.39 is 0 Å². The minimum Gasteiger partial charge on any atom is -0.490 e. The van der Waals surface area contributed by atoms with Crippen molar-refractivity contribution < 1.29 is 28.4 Å². The Morgan fingerprint density at radius 2 is 0.400 bits per heavy atom. The first-order valence-electron chi connectivity index (χ1n) is 22.6. The quantitative estimate of drug-likeness (QED) is 0.0259. The SMILES string of the molecule is C=CCCCCOc1cc2c3cc(OCCCCC=C)c(OCCCCC=C)cc3c3cc(OCCCCC=C)c(OCCCCC=C)cc3c2cc1OCCCCC=C. The minimum atomic E-state index is 0.581. The summed E-state index contributed by atoms with van der Waals surface area (Å²) in [6.45, 7) is 26.9. The smallest absolute Gasteiger partial charge is 0.161 e. The van der Waals surface area contributed by atoms with Gasteiger partial charge in [0.2, 0.25) is 0 Å². The molecular formula is C54H72O6. The lowest BCUT2D eigenvalue weighted by atomic mass is 9.93. The second-order valence-electron chi connectivity index (χ2n) is 15.3. The van der Waals surface area contributed by atoms with Crippen LogP contribution in [0.3, 0.4) is 0 Å². The molecule has 6 heteroatoms. The molecule has 0 N–H and O–H groups in total. The van der Waals surface area contributed by atoms with Crippen molar-refractivity contribution in [2.24, 2.45) is 0 Å². The summed E-state index contributed by atoms with van der Waals surface area (Å²) in [5.74, 6) is 4.41. The van der Waals surface area contributed by atoms with Crippen molar-refractivity contribution in [1.82, 2.24) is 0 Å². The summed E-state index contributed by atoms with van der Waals surface area (Å²) in [5, 5.41) is 6.26. The highest BCUT2D eigenvalue weighted by atomic mass is 16.5. The van der Waals surface area contributed by atoms with Gasteiger partial charge in [-0.3, -0.25) is 0 Å². The molecule has 4 aromatic rings. The molecule has 0 bridgehead atoms. The van der Waals surface area contributed by atoms with Gasteiger partial charge >= 0.3 is 0 Å². The van der Waals surface area contributed by atoms with Crippen LogP contribution in [0.1, 0.15) is 116 Å². The molecule has 324 valence electrons. The number of rotatable bonds is 36. The van der Waals surface area contributed by atoms with Gasteiger partial charge in [0.1, 0.15) is 0 Å². The molecule has 6 nitrogen and oxygen atoms in total. The molecule has 0 aliphatic rings. The second-order valence-corrected chi connectivity index (χ2v) is 15.3. The van der Waals surface area contributed by atoms with Crippen LogP contribution in [-0.4, -0.2) is 39.6 Å². The van der Waals surface area contributed by atoms with Crippen LogP contribution in [0.15, 0.2) is 112 Å². The van der Waals surface area contributed by atoms with E-state index in [9.17, 15) is 0 Å². The van der Waals surface area contributed by atoms with Crippen LogP contribution in [0.2, 0.25) is 0 Å². The summed E-state index contributed by atoms with van der Waals surface area (Å²) in [6.07, 6.45) is 29.1. The molecule has 0 heterocycles. The van der Waals surface area contributed by atoms with Crippen LogP contribution in [0.4, 0.5) is 0 Å². The molecule has 4 aromatic carbocycles. The van der Waals surface area contributed by atoms with Gasteiger partial charge in [0.15, 0.2) is 34.5 Å². The fourth-order valence-electron chi connectivity index (χ4n) is 7.13. The average Bonchev–Trinajstić information content (AvgIpc) is 3.26. The van der Waals surface area contributed by atoms with Gasteiger partial charge < -0.3 is 28.4 Å². The monoisotopic (exact) mass is 817 g/mol. The third-order valence-electron chi connectivity index (χ3n) is 10.5. The Labute approximate surface area is 361 Å². The summed E-state index contributed by atoms with van der Waals surface area (Å²) >= 11 is 0. The maximum Gasteiger partial charge on any atom is 0.161 e. The fourth-order valence-corrected chi connectivity index (χ4v) is 7.13. The zero-order valence-corrected chi connectivity index (χ0v) is 36.6. The van der Waals surface area contributed by atoms with Gasteiger partial charge in [-0.05, 0) is 184 Å². The lowest BCUT2D eigenvalue weighted by Crippen LogP contribution is -2.05. The van der Waals surface area contributed by atoms with Gasteiger partial charge in [0, 0.05) is 0 Å². The van der Waals surface area contributed by atoms with E-state index in [1.807, 2.05) is 36.5 Å². The van der Waals surface area contributed by atoms with Crippen LogP contribution in [0.5, 0.6) is 34.5 Å². The van der Waals surface area contributed by atoms with E-state index in [0.717, 1.165) is 182 Å². The number of ether oxygens (including phenoxy) is 6. The first kappa shape index (κ1) is 47.6. The van der Waals surface area contributed by atoms with Crippen LogP contribution in [-0.2, 0) is 0 Å². The zero-order valence-electron chi connectivity index (χ0n) is 36.6. The summed E-state index contributed by atoms with van der Waals surface area (Å²) in [6, 6.07) is 13.0. The lowest BCUT2D eigenvalue weighted by molar-refractivity contribution is 0.260. The highest BCUT2D eigenvalue weighted by Crippen LogP contribution is 2.47. The Morgan fingerprint density at radius 1 is 0.250 bits per heavy atom. The maximum atomic E-state index is 6.57. The van der Waals surface area contributed by atoms with Crippen molar-refractivity contribution in [3.05, 3.63) is 112 Å². The summed E-state index contributed by atoms with van der Waals surface area (Å²) < 4.78 is 39.4. The Hall–Kier alpha value is -5.10. The van der Waals surface area contributed by atoms with Gasteiger partial charge in [0.25, 0.3) is 0 Å². The van der Waals surface area contributed by atoms with E-state index in [-0.39, 0.29) is 0 Å². The Morgan fingerprint density at radius 3 is 0.533 bits per heavy atom. The van der Waals surface area contributed by atoms with E-state index in [4.69, 9.17) is 28.4 Å². The first-order valence-corrected chi connectivity index (χ1v) is 22.6. The van der Waals surface area contributed by atoms with Crippen molar-refractivity contribution >= 4 is 32.3 Å². The number of fused-ring (bicyclic) bond motifs is 6. The van der Waals surface area contributed by atoms with Gasteiger partial charge in [-0.25, -0.2) is 0 Å². The van der Waals surface area contributed by atoms with E-state index in [0.29, 0.717) is 39.6 Å². The largest absolute Gasteiger partial charge is 0.490 e. The van der Waals surface area contributed by atoms with E-state index in [1.165, 1.54) is 0 Å². The van der Waals surface area contributed by atoms with Crippen LogP contribution in [0, 0.1) is 0 Å². The van der Waals surface area contributed by atoms with Crippen LogP contribution in [0.25, 0.3) is 32.3 Å².